The third-order valence-electron chi connectivity index (χ3n) is 2.91. The van der Waals surface area contributed by atoms with Gasteiger partial charge in [0.1, 0.15) is 11.3 Å². The lowest BCUT2D eigenvalue weighted by molar-refractivity contribution is 0.0526. The van der Waals surface area contributed by atoms with E-state index in [1.165, 1.54) is 0 Å². The van der Waals surface area contributed by atoms with Gasteiger partial charge in [0.25, 0.3) is 5.91 Å². The van der Waals surface area contributed by atoms with Gasteiger partial charge in [-0.3, -0.25) is 4.79 Å². The lowest BCUT2D eigenvalue weighted by Crippen LogP contribution is -2.37. The third-order valence-corrected chi connectivity index (χ3v) is 3.40. The van der Waals surface area contributed by atoms with Crippen molar-refractivity contribution >= 4 is 38.8 Å². The Balaban J connectivity index is 1.81. The van der Waals surface area contributed by atoms with E-state index in [1.54, 1.807) is 26.8 Å². The molecule has 1 aromatic heterocycles. The number of rotatable bonds is 4. The molecule has 0 unspecified atom stereocenters. The van der Waals surface area contributed by atoms with Crippen LogP contribution in [0.3, 0.4) is 0 Å². The Labute approximate surface area is 143 Å². The van der Waals surface area contributed by atoms with E-state index in [9.17, 15) is 9.59 Å². The van der Waals surface area contributed by atoms with Crippen molar-refractivity contribution in [2.45, 2.75) is 26.4 Å². The van der Waals surface area contributed by atoms with Crippen molar-refractivity contribution in [1.82, 2.24) is 15.6 Å². The summed E-state index contributed by atoms with van der Waals surface area (Å²) in [6, 6.07) is 7.55. The van der Waals surface area contributed by atoms with Crippen LogP contribution in [0.1, 0.15) is 31.3 Å². The number of aromatic nitrogens is 1. The van der Waals surface area contributed by atoms with Gasteiger partial charge in [-0.25, -0.2) is 4.79 Å². The van der Waals surface area contributed by atoms with Gasteiger partial charge in [0.15, 0.2) is 0 Å². The van der Waals surface area contributed by atoms with Gasteiger partial charge in [-0.1, -0.05) is 22.0 Å². The van der Waals surface area contributed by atoms with Crippen LogP contribution in [-0.4, -0.2) is 35.7 Å². The quantitative estimate of drug-likeness (QED) is 0.711. The summed E-state index contributed by atoms with van der Waals surface area (Å²) in [6.45, 7) is 6.00. The van der Waals surface area contributed by atoms with Gasteiger partial charge >= 0.3 is 6.09 Å². The van der Waals surface area contributed by atoms with Gasteiger partial charge in [0.05, 0.1) is 0 Å². The summed E-state index contributed by atoms with van der Waals surface area (Å²) < 4.78 is 6.05. The molecule has 124 valence electrons. The molecule has 2 amide bonds. The van der Waals surface area contributed by atoms with Gasteiger partial charge in [-0.2, -0.15) is 0 Å². The summed E-state index contributed by atoms with van der Waals surface area (Å²) in [4.78, 5) is 26.6. The van der Waals surface area contributed by atoms with Crippen LogP contribution in [0.15, 0.2) is 28.7 Å². The van der Waals surface area contributed by atoms with E-state index >= 15 is 0 Å². The van der Waals surface area contributed by atoms with Gasteiger partial charge in [-0.05, 0) is 39.0 Å². The van der Waals surface area contributed by atoms with Crippen LogP contribution in [0, 0.1) is 0 Å². The zero-order valence-electron chi connectivity index (χ0n) is 13.3. The fourth-order valence-electron chi connectivity index (χ4n) is 1.97. The van der Waals surface area contributed by atoms with Crippen LogP contribution in [0.4, 0.5) is 4.79 Å². The van der Waals surface area contributed by atoms with Crippen LogP contribution >= 0.6 is 15.9 Å². The van der Waals surface area contributed by atoms with E-state index in [2.05, 4.69) is 31.5 Å². The second-order valence-electron chi connectivity index (χ2n) is 6.10. The normalized spacial score (nSPS) is 11.3. The van der Waals surface area contributed by atoms with Gasteiger partial charge in [-0.15, -0.1) is 0 Å². The molecule has 0 bridgehead atoms. The van der Waals surface area contributed by atoms with Crippen LogP contribution < -0.4 is 10.6 Å². The van der Waals surface area contributed by atoms with Crippen LogP contribution in [0.25, 0.3) is 10.9 Å². The molecule has 0 saturated carbocycles. The maximum absolute atomic E-state index is 12.1. The number of hydrogen-bond acceptors (Lipinski definition) is 3. The lowest BCUT2D eigenvalue weighted by Gasteiger charge is -2.19. The largest absolute Gasteiger partial charge is 0.444 e. The molecule has 6 nitrogen and oxygen atoms in total. The number of ether oxygens (including phenoxy) is 1. The molecule has 0 spiro atoms. The summed E-state index contributed by atoms with van der Waals surface area (Å²) in [7, 11) is 0. The minimum Gasteiger partial charge on any atom is -0.444 e. The van der Waals surface area contributed by atoms with Crippen molar-refractivity contribution in [3.63, 3.8) is 0 Å². The predicted molar refractivity (Wildman–Crippen MR) is 92.6 cm³/mol. The fourth-order valence-corrected chi connectivity index (χ4v) is 2.33. The number of alkyl carbamates (subject to hydrolysis) is 1. The number of H-pyrrole nitrogens is 1. The molecular formula is C16H20BrN3O3. The second-order valence-corrected chi connectivity index (χ2v) is 7.01. The third kappa shape index (κ3) is 5.28. The first-order chi connectivity index (χ1) is 10.7. The van der Waals surface area contributed by atoms with Crippen molar-refractivity contribution in [3.05, 3.63) is 34.4 Å². The minimum absolute atomic E-state index is 0.219. The average Bonchev–Trinajstić information content (AvgIpc) is 2.84. The maximum Gasteiger partial charge on any atom is 0.407 e. The van der Waals surface area contributed by atoms with Crippen molar-refractivity contribution in [3.8, 4) is 0 Å². The smallest absolute Gasteiger partial charge is 0.407 e. The second kappa shape index (κ2) is 7.04. The van der Waals surface area contributed by atoms with Crippen LogP contribution in [-0.2, 0) is 4.74 Å². The summed E-state index contributed by atoms with van der Waals surface area (Å²) in [5.74, 6) is -0.219. The number of fused-ring (bicyclic) bond motifs is 1. The highest BCUT2D eigenvalue weighted by molar-refractivity contribution is 9.10. The Hall–Kier alpha value is -2.02. The Bertz CT molecular complexity index is 719. The van der Waals surface area contributed by atoms with Crippen molar-refractivity contribution in [2.75, 3.05) is 13.1 Å². The number of carbonyl (C=O) groups excluding carboxylic acids is 2. The molecule has 1 aromatic carbocycles. The molecule has 0 fully saturated rings. The first kappa shape index (κ1) is 17.3. The van der Waals surface area contributed by atoms with Gasteiger partial charge in [0, 0.05) is 28.5 Å². The Kier molecular flexibility index (Phi) is 5.30. The number of halogens is 1. The molecule has 2 aromatic rings. The summed E-state index contributed by atoms with van der Waals surface area (Å²) in [6.07, 6.45) is -0.498. The highest BCUT2D eigenvalue weighted by Crippen LogP contribution is 2.20. The van der Waals surface area contributed by atoms with E-state index in [1.807, 2.05) is 18.2 Å². The first-order valence-corrected chi connectivity index (χ1v) is 8.07. The molecule has 0 saturated heterocycles. The summed E-state index contributed by atoms with van der Waals surface area (Å²) in [5, 5.41) is 6.29. The minimum atomic E-state index is -0.536. The molecule has 0 aliphatic rings. The number of carbonyl (C=O) groups is 2. The highest BCUT2D eigenvalue weighted by atomic mass is 79.9. The molecule has 0 aliphatic carbocycles. The van der Waals surface area contributed by atoms with E-state index < -0.39 is 11.7 Å². The first-order valence-electron chi connectivity index (χ1n) is 7.28. The lowest BCUT2D eigenvalue weighted by atomic mass is 10.2. The van der Waals surface area contributed by atoms with Crippen LogP contribution in [0.2, 0.25) is 0 Å². The molecule has 0 aliphatic heterocycles. The number of nitrogens with one attached hydrogen (secondary N) is 3. The molecule has 2 rings (SSSR count). The topological polar surface area (TPSA) is 83.2 Å². The predicted octanol–water partition coefficient (Wildman–Crippen LogP) is 3.18. The van der Waals surface area contributed by atoms with Crippen molar-refractivity contribution in [1.29, 1.82) is 0 Å². The van der Waals surface area contributed by atoms with E-state index in [-0.39, 0.29) is 5.91 Å². The molecule has 1 heterocycles. The molecule has 3 N–H and O–H groups in total. The fraction of sp³-hybridized carbons (Fsp3) is 0.375. The van der Waals surface area contributed by atoms with Crippen molar-refractivity contribution in [2.24, 2.45) is 0 Å². The van der Waals surface area contributed by atoms with E-state index in [4.69, 9.17) is 4.74 Å². The van der Waals surface area contributed by atoms with Gasteiger partial charge in [0.2, 0.25) is 0 Å². The average molecular weight is 382 g/mol. The monoisotopic (exact) mass is 381 g/mol. The number of aromatic amines is 1. The molecule has 7 heteroatoms. The zero-order chi connectivity index (χ0) is 17.0. The van der Waals surface area contributed by atoms with Crippen molar-refractivity contribution < 1.29 is 14.3 Å². The number of amides is 2. The SMILES string of the molecule is CC(C)(C)OC(=O)NCCNC(=O)c1cc2ccc(Br)cc2[nH]1. The number of benzene rings is 1. The van der Waals surface area contributed by atoms with E-state index in [0.29, 0.717) is 18.8 Å². The van der Waals surface area contributed by atoms with E-state index in [0.717, 1.165) is 15.4 Å². The molecule has 23 heavy (non-hydrogen) atoms. The Morgan fingerprint density at radius 1 is 1.17 bits per heavy atom. The standard InChI is InChI=1S/C16H20BrN3O3/c1-16(2,3)23-15(22)19-7-6-18-14(21)13-8-10-4-5-11(17)9-12(10)20-13/h4-5,8-9,20H,6-7H2,1-3H3,(H,18,21)(H,19,22). The number of hydrogen-bond donors (Lipinski definition) is 3. The Morgan fingerprint density at radius 2 is 1.87 bits per heavy atom. The zero-order valence-corrected chi connectivity index (χ0v) is 14.9. The summed E-state index contributed by atoms with van der Waals surface area (Å²) >= 11 is 3.39. The van der Waals surface area contributed by atoms with Crippen LogP contribution in [0.5, 0.6) is 0 Å². The maximum atomic E-state index is 12.1. The molecule has 0 atom stereocenters. The van der Waals surface area contributed by atoms with Gasteiger partial charge < -0.3 is 20.4 Å². The summed E-state index contributed by atoms with van der Waals surface area (Å²) in [5.41, 5.74) is 0.832. The molecule has 0 radical (unpaired) electrons. The highest BCUT2D eigenvalue weighted by Gasteiger charge is 2.15. The molecular weight excluding hydrogens is 362 g/mol. The Morgan fingerprint density at radius 3 is 2.57 bits per heavy atom.